The number of rotatable bonds is 3. The highest BCUT2D eigenvalue weighted by atomic mass is 16.2. The molecule has 1 aliphatic heterocycles. The number of amides is 2. The first kappa shape index (κ1) is 19.2. The Hall–Kier alpha value is -2.62. The van der Waals surface area contributed by atoms with Crippen LogP contribution in [0, 0.1) is 33.6 Å². The zero-order valence-electron chi connectivity index (χ0n) is 16.6. The van der Waals surface area contributed by atoms with Crippen molar-refractivity contribution in [1.82, 2.24) is 4.90 Å². The van der Waals surface area contributed by atoms with E-state index in [-0.39, 0.29) is 17.7 Å². The summed E-state index contributed by atoms with van der Waals surface area (Å²) >= 11 is 0. The second kappa shape index (κ2) is 7.95. The van der Waals surface area contributed by atoms with Gasteiger partial charge in [0.2, 0.25) is 5.91 Å². The lowest BCUT2D eigenvalue weighted by atomic mass is 9.94. The zero-order valence-corrected chi connectivity index (χ0v) is 16.6. The zero-order chi connectivity index (χ0) is 19.6. The number of aryl methyl sites for hydroxylation is 4. The van der Waals surface area contributed by atoms with Crippen LogP contribution < -0.4 is 5.32 Å². The monoisotopic (exact) mass is 364 g/mol. The van der Waals surface area contributed by atoms with Crippen molar-refractivity contribution in [1.29, 1.82) is 0 Å². The van der Waals surface area contributed by atoms with Crippen molar-refractivity contribution in [2.45, 2.75) is 40.5 Å². The van der Waals surface area contributed by atoms with Crippen LogP contribution in [0.25, 0.3) is 0 Å². The molecule has 0 spiro atoms. The first-order chi connectivity index (χ1) is 12.8. The lowest BCUT2D eigenvalue weighted by Crippen LogP contribution is -2.41. The number of hydrogen-bond acceptors (Lipinski definition) is 2. The molecule has 0 aliphatic carbocycles. The molecule has 27 heavy (non-hydrogen) atoms. The molecule has 2 aromatic carbocycles. The summed E-state index contributed by atoms with van der Waals surface area (Å²) in [5, 5.41) is 3.12. The van der Waals surface area contributed by atoms with Crippen molar-refractivity contribution in [3.05, 3.63) is 64.2 Å². The molecule has 0 atom stereocenters. The average Bonchev–Trinajstić information content (AvgIpc) is 2.64. The Kier molecular flexibility index (Phi) is 5.64. The first-order valence-electron chi connectivity index (χ1n) is 9.60. The minimum atomic E-state index is -0.0489. The summed E-state index contributed by atoms with van der Waals surface area (Å²) < 4.78 is 0. The van der Waals surface area contributed by atoms with Gasteiger partial charge < -0.3 is 10.2 Å². The largest absolute Gasteiger partial charge is 0.339 e. The fraction of sp³-hybridized carbons (Fsp3) is 0.391. The Labute approximate surface area is 161 Å². The van der Waals surface area contributed by atoms with E-state index in [2.05, 4.69) is 24.4 Å². The molecule has 1 saturated heterocycles. The van der Waals surface area contributed by atoms with Crippen LogP contribution >= 0.6 is 0 Å². The van der Waals surface area contributed by atoms with Crippen LogP contribution in [0.1, 0.15) is 45.5 Å². The van der Waals surface area contributed by atoms with E-state index in [1.54, 1.807) is 0 Å². The van der Waals surface area contributed by atoms with Crippen LogP contribution in [0.3, 0.4) is 0 Å². The maximum Gasteiger partial charge on any atom is 0.253 e. The van der Waals surface area contributed by atoms with E-state index in [9.17, 15) is 9.59 Å². The fourth-order valence-electron chi connectivity index (χ4n) is 3.83. The van der Waals surface area contributed by atoms with Gasteiger partial charge in [0.25, 0.3) is 5.91 Å². The Morgan fingerprint density at radius 2 is 1.44 bits per heavy atom. The van der Waals surface area contributed by atoms with E-state index in [0.717, 1.165) is 27.9 Å². The average molecular weight is 364 g/mol. The number of nitrogens with one attached hydrogen (secondary N) is 1. The summed E-state index contributed by atoms with van der Waals surface area (Å²) in [5.74, 6) is 0.0683. The quantitative estimate of drug-likeness (QED) is 0.877. The SMILES string of the molecule is Cc1ccc(C(=O)N2CCC(C(=O)Nc3c(C)cc(C)cc3C)CC2)cc1. The maximum atomic E-state index is 12.7. The third-order valence-electron chi connectivity index (χ3n) is 5.38. The molecule has 0 unspecified atom stereocenters. The third kappa shape index (κ3) is 4.38. The van der Waals surface area contributed by atoms with E-state index < -0.39 is 0 Å². The van der Waals surface area contributed by atoms with E-state index in [1.165, 1.54) is 5.56 Å². The lowest BCUT2D eigenvalue weighted by molar-refractivity contribution is -0.121. The van der Waals surface area contributed by atoms with Gasteiger partial charge in [-0.25, -0.2) is 0 Å². The molecule has 0 aromatic heterocycles. The number of hydrogen-bond donors (Lipinski definition) is 1. The van der Waals surface area contributed by atoms with Gasteiger partial charge >= 0.3 is 0 Å². The van der Waals surface area contributed by atoms with Gasteiger partial charge in [-0.05, 0) is 63.8 Å². The second-order valence-corrected chi connectivity index (χ2v) is 7.70. The van der Waals surface area contributed by atoms with Crippen LogP contribution in [0.2, 0.25) is 0 Å². The summed E-state index contributed by atoms with van der Waals surface area (Å²) in [6.45, 7) is 9.37. The highest BCUT2D eigenvalue weighted by Crippen LogP contribution is 2.25. The molecule has 1 heterocycles. The number of piperidine rings is 1. The molecule has 2 amide bonds. The highest BCUT2D eigenvalue weighted by Gasteiger charge is 2.28. The van der Waals surface area contributed by atoms with Crippen molar-refractivity contribution in [2.24, 2.45) is 5.92 Å². The Balaban J connectivity index is 1.59. The number of anilines is 1. The van der Waals surface area contributed by atoms with Gasteiger partial charge in [-0.3, -0.25) is 9.59 Å². The second-order valence-electron chi connectivity index (χ2n) is 7.70. The molecule has 2 aromatic rings. The summed E-state index contributed by atoms with van der Waals surface area (Å²) in [6.07, 6.45) is 1.40. The minimum Gasteiger partial charge on any atom is -0.339 e. The third-order valence-corrected chi connectivity index (χ3v) is 5.38. The molecule has 1 aliphatic rings. The molecule has 1 N–H and O–H groups in total. The molecule has 1 fully saturated rings. The fourth-order valence-corrected chi connectivity index (χ4v) is 3.83. The number of carbonyl (C=O) groups is 2. The van der Waals surface area contributed by atoms with E-state index in [1.807, 2.05) is 49.9 Å². The van der Waals surface area contributed by atoms with Crippen LogP contribution in [0.15, 0.2) is 36.4 Å². The van der Waals surface area contributed by atoms with Crippen molar-refractivity contribution >= 4 is 17.5 Å². The Morgan fingerprint density at radius 1 is 0.889 bits per heavy atom. The number of nitrogens with zero attached hydrogens (tertiary/aromatic N) is 1. The summed E-state index contributed by atoms with van der Waals surface area (Å²) in [6, 6.07) is 11.8. The predicted octanol–water partition coefficient (Wildman–Crippen LogP) is 4.41. The molecular weight excluding hydrogens is 336 g/mol. The topological polar surface area (TPSA) is 49.4 Å². The molecule has 0 bridgehead atoms. The molecule has 142 valence electrons. The Morgan fingerprint density at radius 3 is 2.00 bits per heavy atom. The van der Waals surface area contributed by atoms with Crippen LogP contribution in [0.5, 0.6) is 0 Å². The van der Waals surface area contributed by atoms with Crippen molar-refractivity contribution in [2.75, 3.05) is 18.4 Å². The highest BCUT2D eigenvalue weighted by molar-refractivity contribution is 5.96. The molecule has 4 heteroatoms. The van der Waals surface area contributed by atoms with Crippen molar-refractivity contribution < 1.29 is 9.59 Å². The van der Waals surface area contributed by atoms with Gasteiger partial charge in [-0.2, -0.15) is 0 Å². The minimum absolute atomic E-state index is 0.0489. The Bertz CT molecular complexity index is 824. The predicted molar refractivity (Wildman–Crippen MR) is 109 cm³/mol. The van der Waals surface area contributed by atoms with Gasteiger partial charge in [-0.1, -0.05) is 35.4 Å². The van der Waals surface area contributed by atoms with Gasteiger partial charge in [0.1, 0.15) is 0 Å². The van der Waals surface area contributed by atoms with Gasteiger partial charge in [0, 0.05) is 30.3 Å². The summed E-state index contributed by atoms with van der Waals surface area (Å²) in [5.41, 5.74) is 6.16. The smallest absolute Gasteiger partial charge is 0.253 e. The van der Waals surface area contributed by atoms with Crippen LogP contribution in [0.4, 0.5) is 5.69 Å². The molecule has 0 saturated carbocycles. The van der Waals surface area contributed by atoms with Gasteiger partial charge in [0.15, 0.2) is 0 Å². The molecular formula is C23H28N2O2. The number of likely N-dealkylation sites (tertiary alicyclic amines) is 1. The van der Waals surface area contributed by atoms with Crippen molar-refractivity contribution in [3.63, 3.8) is 0 Å². The van der Waals surface area contributed by atoms with Crippen molar-refractivity contribution in [3.8, 4) is 0 Å². The van der Waals surface area contributed by atoms with Crippen LogP contribution in [-0.4, -0.2) is 29.8 Å². The standard InChI is InChI=1S/C23H28N2O2/c1-15-5-7-20(8-6-15)23(27)25-11-9-19(10-12-25)22(26)24-21-17(3)13-16(2)14-18(21)4/h5-8,13-14,19H,9-12H2,1-4H3,(H,24,26). The van der Waals surface area contributed by atoms with E-state index in [0.29, 0.717) is 25.9 Å². The number of benzene rings is 2. The summed E-state index contributed by atoms with van der Waals surface area (Å²) in [4.78, 5) is 27.2. The normalized spacial score (nSPS) is 14.9. The first-order valence-corrected chi connectivity index (χ1v) is 9.60. The summed E-state index contributed by atoms with van der Waals surface area (Å²) in [7, 11) is 0. The molecule has 3 rings (SSSR count). The maximum absolute atomic E-state index is 12.7. The van der Waals surface area contributed by atoms with Gasteiger partial charge in [0.05, 0.1) is 0 Å². The van der Waals surface area contributed by atoms with Crippen LogP contribution in [-0.2, 0) is 4.79 Å². The lowest BCUT2D eigenvalue weighted by Gasteiger charge is -2.31. The van der Waals surface area contributed by atoms with E-state index >= 15 is 0 Å². The van der Waals surface area contributed by atoms with Gasteiger partial charge in [-0.15, -0.1) is 0 Å². The molecule has 4 nitrogen and oxygen atoms in total. The van der Waals surface area contributed by atoms with E-state index in [4.69, 9.17) is 0 Å². The number of carbonyl (C=O) groups excluding carboxylic acids is 2. The molecule has 0 radical (unpaired) electrons.